The summed E-state index contributed by atoms with van der Waals surface area (Å²) in [4.78, 5) is 4.69. The van der Waals surface area contributed by atoms with Crippen LogP contribution >= 0.6 is 11.6 Å². The Morgan fingerprint density at radius 2 is 2.23 bits per heavy atom. The molecule has 0 aliphatic heterocycles. The minimum absolute atomic E-state index is 0.228. The molecule has 1 aromatic carbocycles. The Morgan fingerprint density at radius 3 is 2.85 bits per heavy atom. The van der Waals surface area contributed by atoms with Gasteiger partial charge >= 0.3 is 0 Å². The molecule has 0 radical (unpaired) electrons. The van der Waals surface area contributed by atoms with Gasteiger partial charge in [-0.15, -0.1) is 0 Å². The van der Waals surface area contributed by atoms with Gasteiger partial charge in [-0.25, -0.2) is 0 Å². The van der Waals surface area contributed by atoms with Crippen molar-refractivity contribution in [2.45, 2.75) is 13.5 Å². The first-order chi connectivity index (χ1) is 6.16. The Hall–Kier alpha value is -0.770. The van der Waals surface area contributed by atoms with E-state index in [1.165, 1.54) is 7.11 Å². The molecule has 0 saturated carbocycles. The maximum Gasteiger partial charge on any atom is 0.120 e. The van der Waals surface area contributed by atoms with Gasteiger partial charge < -0.3 is 9.94 Å². The van der Waals surface area contributed by atoms with Crippen molar-refractivity contribution in [2.24, 2.45) is 0 Å². The van der Waals surface area contributed by atoms with E-state index in [9.17, 15) is 5.11 Å². The van der Waals surface area contributed by atoms with Crippen LogP contribution in [-0.2, 0) is 11.4 Å². The summed E-state index contributed by atoms with van der Waals surface area (Å²) in [6.45, 7) is 2.30. The Bertz CT molecular complexity index is 302. The minimum Gasteiger partial charge on any atom is -0.508 e. The molecule has 0 spiro atoms. The van der Waals surface area contributed by atoms with Crippen LogP contribution in [0.15, 0.2) is 12.1 Å². The normalized spacial score (nSPS) is 10.4. The standard InChI is InChI=1S/C9H12ClNO2/c1-6-7(5-11-13-2)9(12)4-3-8(6)10/h3-4,11-12H,5H2,1-2H3. The number of benzene rings is 1. The van der Waals surface area contributed by atoms with Crippen LogP contribution in [0.3, 0.4) is 0 Å². The highest BCUT2D eigenvalue weighted by Gasteiger charge is 2.07. The quantitative estimate of drug-likeness (QED) is 0.736. The summed E-state index contributed by atoms with van der Waals surface area (Å²) < 4.78 is 0. The number of rotatable bonds is 3. The van der Waals surface area contributed by atoms with E-state index in [1.54, 1.807) is 12.1 Å². The number of phenols is 1. The van der Waals surface area contributed by atoms with E-state index in [0.29, 0.717) is 11.6 Å². The molecule has 2 N–H and O–H groups in total. The van der Waals surface area contributed by atoms with E-state index < -0.39 is 0 Å². The lowest BCUT2D eigenvalue weighted by Crippen LogP contribution is -2.12. The van der Waals surface area contributed by atoms with Gasteiger partial charge in [0.15, 0.2) is 0 Å². The molecule has 0 heterocycles. The summed E-state index contributed by atoms with van der Waals surface area (Å²) in [5.41, 5.74) is 4.28. The second-order valence-corrected chi connectivity index (χ2v) is 3.10. The van der Waals surface area contributed by atoms with Crippen molar-refractivity contribution in [1.29, 1.82) is 0 Å². The van der Waals surface area contributed by atoms with Crippen molar-refractivity contribution in [3.63, 3.8) is 0 Å². The molecular weight excluding hydrogens is 190 g/mol. The van der Waals surface area contributed by atoms with Gasteiger partial charge in [0.05, 0.1) is 7.11 Å². The number of halogens is 1. The monoisotopic (exact) mass is 201 g/mol. The highest BCUT2D eigenvalue weighted by molar-refractivity contribution is 6.31. The summed E-state index contributed by atoms with van der Waals surface area (Å²) in [5, 5.41) is 10.1. The molecule has 0 aliphatic rings. The highest BCUT2D eigenvalue weighted by Crippen LogP contribution is 2.26. The van der Waals surface area contributed by atoms with Crippen molar-refractivity contribution in [1.82, 2.24) is 5.48 Å². The lowest BCUT2D eigenvalue weighted by Gasteiger charge is -2.09. The van der Waals surface area contributed by atoms with Crippen LogP contribution in [-0.4, -0.2) is 12.2 Å². The zero-order valence-corrected chi connectivity index (χ0v) is 8.35. The van der Waals surface area contributed by atoms with E-state index in [-0.39, 0.29) is 5.75 Å². The topological polar surface area (TPSA) is 41.5 Å². The number of nitrogens with one attached hydrogen (secondary N) is 1. The average Bonchev–Trinajstić information content (AvgIpc) is 2.12. The van der Waals surface area contributed by atoms with E-state index in [2.05, 4.69) is 5.48 Å². The van der Waals surface area contributed by atoms with E-state index in [4.69, 9.17) is 16.4 Å². The first-order valence-electron chi connectivity index (χ1n) is 3.89. The Morgan fingerprint density at radius 1 is 1.54 bits per heavy atom. The van der Waals surface area contributed by atoms with Gasteiger partial charge in [-0.1, -0.05) is 11.6 Å². The van der Waals surface area contributed by atoms with Crippen LogP contribution in [0.2, 0.25) is 5.02 Å². The molecule has 4 heteroatoms. The number of hydroxylamine groups is 1. The van der Waals surface area contributed by atoms with Crippen molar-refractivity contribution in [3.8, 4) is 5.75 Å². The lowest BCUT2D eigenvalue weighted by molar-refractivity contribution is 0.0860. The first kappa shape index (κ1) is 10.3. The van der Waals surface area contributed by atoms with Gasteiger partial charge in [-0.2, -0.15) is 5.48 Å². The number of aromatic hydroxyl groups is 1. The third kappa shape index (κ3) is 2.34. The predicted octanol–water partition coefficient (Wildman–Crippen LogP) is 2.01. The molecule has 0 unspecified atom stereocenters. The molecule has 72 valence electrons. The van der Waals surface area contributed by atoms with Crippen molar-refractivity contribution in [2.75, 3.05) is 7.11 Å². The van der Waals surface area contributed by atoms with Crippen molar-refractivity contribution in [3.05, 3.63) is 28.3 Å². The minimum atomic E-state index is 0.228. The Kier molecular flexibility index (Phi) is 3.54. The zero-order valence-electron chi connectivity index (χ0n) is 7.60. The van der Waals surface area contributed by atoms with Crippen molar-refractivity contribution < 1.29 is 9.94 Å². The van der Waals surface area contributed by atoms with Gasteiger partial charge in [-0.3, -0.25) is 0 Å². The predicted molar refractivity (Wildman–Crippen MR) is 51.7 cm³/mol. The molecule has 1 aromatic rings. The fraction of sp³-hybridized carbons (Fsp3) is 0.333. The van der Waals surface area contributed by atoms with E-state index in [1.807, 2.05) is 6.92 Å². The zero-order chi connectivity index (χ0) is 9.84. The molecular formula is C9H12ClNO2. The third-order valence-electron chi connectivity index (χ3n) is 1.90. The first-order valence-corrected chi connectivity index (χ1v) is 4.27. The summed E-state index contributed by atoms with van der Waals surface area (Å²) in [6.07, 6.45) is 0. The van der Waals surface area contributed by atoms with Crippen LogP contribution < -0.4 is 5.48 Å². The van der Waals surface area contributed by atoms with Crippen LogP contribution in [0.4, 0.5) is 0 Å². The maximum absolute atomic E-state index is 9.49. The molecule has 0 bridgehead atoms. The summed E-state index contributed by atoms with van der Waals surface area (Å²) in [5.74, 6) is 0.228. The van der Waals surface area contributed by atoms with Crippen molar-refractivity contribution >= 4 is 11.6 Å². The summed E-state index contributed by atoms with van der Waals surface area (Å²) in [7, 11) is 1.52. The molecule has 0 fully saturated rings. The van der Waals surface area contributed by atoms with Gasteiger partial charge in [0.25, 0.3) is 0 Å². The molecule has 1 rings (SSSR count). The van der Waals surface area contributed by atoms with Crippen LogP contribution in [0, 0.1) is 6.92 Å². The highest BCUT2D eigenvalue weighted by atomic mass is 35.5. The molecule has 0 saturated heterocycles. The van der Waals surface area contributed by atoms with Crippen LogP contribution in [0.25, 0.3) is 0 Å². The van der Waals surface area contributed by atoms with Crippen LogP contribution in [0.5, 0.6) is 5.75 Å². The summed E-state index contributed by atoms with van der Waals surface area (Å²) in [6, 6.07) is 3.24. The molecule has 13 heavy (non-hydrogen) atoms. The van der Waals surface area contributed by atoms with Crippen LogP contribution in [0.1, 0.15) is 11.1 Å². The lowest BCUT2D eigenvalue weighted by atomic mass is 10.1. The van der Waals surface area contributed by atoms with Gasteiger partial charge in [0, 0.05) is 17.1 Å². The van der Waals surface area contributed by atoms with Gasteiger partial charge in [-0.05, 0) is 24.6 Å². The molecule has 0 amide bonds. The second-order valence-electron chi connectivity index (χ2n) is 2.70. The molecule has 3 nitrogen and oxygen atoms in total. The average molecular weight is 202 g/mol. The number of hydrogen-bond donors (Lipinski definition) is 2. The Balaban J connectivity index is 2.96. The SMILES string of the molecule is CONCc1c(O)ccc(Cl)c1C. The van der Waals surface area contributed by atoms with Gasteiger partial charge in [0.2, 0.25) is 0 Å². The molecule has 0 aromatic heterocycles. The smallest absolute Gasteiger partial charge is 0.120 e. The third-order valence-corrected chi connectivity index (χ3v) is 2.31. The number of hydrogen-bond acceptors (Lipinski definition) is 3. The fourth-order valence-corrected chi connectivity index (χ4v) is 1.26. The van der Waals surface area contributed by atoms with E-state index >= 15 is 0 Å². The Labute approximate surface area is 82.2 Å². The van der Waals surface area contributed by atoms with E-state index in [0.717, 1.165) is 11.1 Å². The van der Waals surface area contributed by atoms with Gasteiger partial charge in [0.1, 0.15) is 5.75 Å². The summed E-state index contributed by atoms with van der Waals surface area (Å²) >= 11 is 5.89. The number of phenolic OH excluding ortho intramolecular Hbond substituents is 1. The maximum atomic E-state index is 9.49. The second kappa shape index (κ2) is 4.46. The molecule has 0 aliphatic carbocycles. The molecule has 0 atom stereocenters. The largest absolute Gasteiger partial charge is 0.508 e. The fourth-order valence-electron chi connectivity index (χ4n) is 1.08.